The SMILES string of the molecule is CN1C[C@@H](C(=O)N2CCC(Cc3cccnc3)CC2)CCC1=O. The molecule has 1 aromatic rings. The van der Waals surface area contributed by atoms with Crippen LogP contribution in [0.1, 0.15) is 31.2 Å². The number of likely N-dealkylation sites (tertiary alicyclic amines) is 2. The summed E-state index contributed by atoms with van der Waals surface area (Å²) in [5.41, 5.74) is 1.28. The van der Waals surface area contributed by atoms with Gasteiger partial charge in [-0.25, -0.2) is 0 Å². The van der Waals surface area contributed by atoms with Gasteiger partial charge in [0.05, 0.1) is 5.92 Å². The van der Waals surface area contributed by atoms with Crippen LogP contribution in [0, 0.1) is 11.8 Å². The maximum Gasteiger partial charge on any atom is 0.227 e. The summed E-state index contributed by atoms with van der Waals surface area (Å²) in [6.07, 6.45) is 8.12. The molecule has 2 amide bonds. The minimum atomic E-state index is -0.00688. The number of piperidine rings is 2. The van der Waals surface area contributed by atoms with Crippen LogP contribution >= 0.6 is 0 Å². The fourth-order valence-electron chi connectivity index (χ4n) is 3.68. The third kappa shape index (κ3) is 3.89. The van der Waals surface area contributed by atoms with Crippen LogP contribution in [0.4, 0.5) is 0 Å². The maximum absolute atomic E-state index is 12.6. The van der Waals surface area contributed by atoms with Crippen molar-refractivity contribution in [3.8, 4) is 0 Å². The molecule has 0 saturated carbocycles. The second-order valence-corrected chi connectivity index (χ2v) is 6.84. The topological polar surface area (TPSA) is 53.5 Å². The first kappa shape index (κ1) is 16.0. The minimum Gasteiger partial charge on any atom is -0.345 e. The van der Waals surface area contributed by atoms with E-state index < -0.39 is 0 Å². The molecular formula is C18H25N3O2. The second kappa shape index (κ2) is 7.11. The van der Waals surface area contributed by atoms with Crippen molar-refractivity contribution in [2.75, 3.05) is 26.7 Å². The lowest BCUT2D eigenvalue weighted by molar-refractivity contribution is -0.143. The van der Waals surface area contributed by atoms with Gasteiger partial charge in [-0.2, -0.15) is 0 Å². The van der Waals surface area contributed by atoms with Gasteiger partial charge in [0, 0.05) is 45.5 Å². The Labute approximate surface area is 137 Å². The zero-order valence-corrected chi connectivity index (χ0v) is 13.8. The fourth-order valence-corrected chi connectivity index (χ4v) is 3.68. The first-order valence-corrected chi connectivity index (χ1v) is 8.55. The maximum atomic E-state index is 12.6. The number of pyridine rings is 1. The molecule has 0 aromatic carbocycles. The highest BCUT2D eigenvalue weighted by Gasteiger charge is 2.32. The van der Waals surface area contributed by atoms with Crippen molar-refractivity contribution >= 4 is 11.8 Å². The third-order valence-electron chi connectivity index (χ3n) is 5.15. The number of nitrogens with zero attached hydrogens (tertiary/aromatic N) is 3. The number of amides is 2. The number of carbonyl (C=O) groups excluding carboxylic acids is 2. The Morgan fingerprint density at radius 3 is 2.74 bits per heavy atom. The first-order chi connectivity index (χ1) is 11.1. The van der Waals surface area contributed by atoms with Crippen molar-refractivity contribution in [1.82, 2.24) is 14.8 Å². The molecule has 5 nitrogen and oxygen atoms in total. The summed E-state index contributed by atoms with van der Waals surface area (Å²) in [6.45, 7) is 2.27. The molecule has 3 heterocycles. The monoisotopic (exact) mass is 315 g/mol. The molecule has 5 heteroatoms. The van der Waals surface area contributed by atoms with Crippen molar-refractivity contribution in [3.63, 3.8) is 0 Å². The van der Waals surface area contributed by atoms with E-state index in [-0.39, 0.29) is 17.7 Å². The van der Waals surface area contributed by atoms with Gasteiger partial charge in [0.25, 0.3) is 0 Å². The third-order valence-corrected chi connectivity index (χ3v) is 5.15. The van der Waals surface area contributed by atoms with Crippen LogP contribution in [0.3, 0.4) is 0 Å². The Balaban J connectivity index is 1.49. The van der Waals surface area contributed by atoms with Gasteiger partial charge >= 0.3 is 0 Å². The lowest BCUT2D eigenvalue weighted by Crippen LogP contribution is -2.47. The summed E-state index contributed by atoms with van der Waals surface area (Å²) in [7, 11) is 1.79. The molecule has 0 bridgehead atoms. The summed E-state index contributed by atoms with van der Waals surface area (Å²) in [5, 5.41) is 0. The van der Waals surface area contributed by atoms with Crippen LogP contribution in [-0.4, -0.2) is 53.3 Å². The van der Waals surface area contributed by atoms with Gasteiger partial charge in [-0.05, 0) is 43.2 Å². The average molecular weight is 315 g/mol. The molecule has 3 rings (SSSR count). The van der Waals surface area contributed by atoms with Gasteiger partial charge in [-0.1, -0.05) is 6.07 Å². The van der Waals surface area contributed by atoms with Crippen LogP contribution < -0.4 is 0 Å². The molecule has 1 aromatic heterocycles. The van der Waals surface area contributed by atoms with E-state index in [0.29, 0.717) is 25.3 Å². The van der Waals surface area contributed by atoms with Gasteiger partial charge in [-0.3, -0.25) is 14.6 Å². The van der Waals surface area contributed by atoms with Gasteiger partial charge in [0.2, 0.25) is 11.8 Å². The van der Waals surface area contributed by atoms with E-state index in [2.05, 4.69) is 11.1 Å². The molecule has 2 aliphatic rings. The van der Waals surface area contributed by atoms with Crippen LogP contribution in [0.5, 0.6) is 0 Å². The van der Waals surface area contributed by atoms with Crippen molar-refractivity contribution in [2.24, 2.45) is 11.8 Å². The minimum absolute atomic E-state index is 0.00688. The van der Waals surface area contributed by atoms with E-state index in [0.717, 1.165) is 32.4 Å². The predicted octanol–water partition coefficient (Wildman–Crippen LogP) is 1.73. The van der Waals surface area contributed by atoms with Crippen LogP contribution in [-0.2, 0) is 16.0 Å². The molecule has 0 aliphatic carbocycles. The van der Waals surface area contributed by atoms with E-state index >= 15 is 0 Å². The zero-order valence-electron chi connectivity index (χ0n) is 13.8. The number of carbonyl (C=O) groups is 2. The quantitative estimate of drug-likeness (QED) is 0.853. The van der Waals surface area contributed by atoms with E-state index in [1.54, 1.807) is 18.1 Å². The Bertz CT molecular complexity index is 553. The summed E-state index contributed by atoms with van der Waals surface area (Å²) in [4.78, 5) is 32.1. The number of hydrogen-bond acceptors (Lipinski definition) is 3. The highest BCUT2D eigenvalue weighted by atomic mass is 16.2. The predicted molar refractivity (Wildman–Crippen MR) is 87.6 cm³/mol. The van der Waals surface area contributed by atoms with Crippen LogP contribution in [0.15, 0.2) is 24.5 Å². The molecule has 0 spiro atoms. The van der Waals surface area contributed by atoms with Gasteiger partial charge in [0.15, 0.2) is 0 Å². The van der Waals surface area contributed by atoms with E-state index in [1.165, 1.54) is 5.56 Å². The van der Waals surface area contributed by atoms with E-state index in [1.807, 2.05) is 17.2 Å². The molecule has 23 heavy (non-hydrogen) atoms. The van der Waals surface area contributed by atoms with Gasteiger partial charge in [0.1, 0.15) is 0 Å². The lowest BCUT2D eigenvalue weighted by atomic mass is 9.89. The van der Waals surface area contributed by atoms with E-state index in [4.69, 9.17) is 0 Å². The van der Waals surface area contributed by atoms with Gasteiger partial charge < -0.3 is 9.80 Å². The first-order valence-electron chi connectivity index (χ1n) is 8.55. The van der Waals surface area contributed by atoms with Crippen molar-refractivity contribution in [2.45, 2.75) is 32.1 Å². The fraction of sp³-hybridized carbons (Fsp3) is 0.611. The van der Waals surface area contributed by atoms with Crippen molar-refractivity contribution in [3.05, 3.63) is 30.1 Å². The Kier molecular flexibility index (Phi) is 4.94. The standard InChI is InChI=1S/C18H25N3O2/c1-20-13-16(4-5-17(20)22)18(23)21-9-6-14(7-10-21)11-15-3-2-8-19-12-15/h2-3,8,12,14,16H,4-7,9-11,13H2,1H3/t16-/m0/s1. The normalized spacial score (nSPS) is 23.2. The van der Waals surface area contributed by atoms with Crippen molar-refractivity contribution < 1.29 is 9.59 Å². The number of hydrogen-bond donors (Lipinski definition) is 0. The summed E-state index contributed by atoms with van der Waals surface area (Å²) >= 11 is 0. The number of rotatable bonds is 3. The Morgan fingerprint density at radius 2 is 2.09 bits per heavy atom. The van der Waals surface area contributed by atoms with Crippen molar-refractivity contribution in [1.29, 1.82) is 0 Å². The smallest absolute Gasteiger partial charge is 0.227 e. The summed E-state index contributed by atoms with van der Waals surface area (Å²) in [6, 6.07) is 4.11. The summed E-state index contributed by atoms with van der Waals surface area (Å²) in [5.74, 6) is 1.03. The highest BCUT2D eigenvalue weighted by molar-refractivity contribution is 5.83. The van der Waals surface area contributed by atoms with E-state index in [9.17, 15) is 9.59 Å². The van der Waals surface area contributed by atoms with Crippen LogP contribution in [0.25, 0.3) is 0 Å². The Morgan fingerprint density at radius 1 is 1.30 bits per heavy atom. The highest BCUT2D eigenvalue weighted by Crippen LogP contribution is 2.25. The molecule has 2 saturated heterocycles. The second-order valence-electron chi connectivity index (χ2n) is 6.84. The lowest BCUT2D eigenvalue weighted by Gasteiger charge is -2.36. The molecular weight excluding hydrogens is 290 g/mol. The number of aromatic nitrogens is 1. The largest absolute Gasteiger partial charge is 0.345 e. The average Bonchev–Trinajstić information content (AvgIpc) is 2.58. The Hall–Kier alpha value is -1.91. The molecule has 0 N–H and O–H groups in total. The molecule has 2 fully saturated rings. The van der Waals surface area contributed by atoms with Gasteiger partial charge in [-0.15, -0.1) is 0 Å². The summed E-state index contributed by atoms with van der Waals surface area (Å²) < 4.78 is 0. The zero-order chi connectivity index (χ0) is 16.2. The molecule has 124 valence electrons. The van der Waals surface area contributed by atoms with Crippen LogP contribution in [0.2, 0.25) is 0 Å². The molecule has 2 aliphatic heterocycles. The molecule has 1 atom stereocenters. The molecule has 0 unspecified atom stereocenters. The molecule has 0 radical (unpaired) electrons.